The molecule has 0 aliphatic carbocycles. The predicted octanol–water partition coefficient (Wildman–Crippen LogP) is 2.95. The van der Waals surface area contributed by atoms with Crippen LogP contribution in [0.15, 0.2) is 17.0 Å². The lowest BCUT2D eigenvalue weighted by molar-refractivity contribution is 0.390. The second-order valence-corrected chi connectivity index (χ2v) is 5.62. The van der Waals surface area contributed by atoms with Crippen LogP contribution in [0.4, 0.5) is 0 Å². The van der Waals surface area contributed by atoms with E-state index < -0.39 is 0 Å². The highest BCUT2D eigenvalue weighted by Gasteiger charge is 2.11. The largest absolute Gasteiger partial charge is 0.496 e. The van der Waals surface area contributed by atoms with Crippen molar-refractivity contribution in [2.24, 2.45) is 11.7 Å². The third-order valence-electron chi connectivity index (χ3n) is 2.55. The van der Waals surface area contributed by atoms with Gasteiger partial charge in [0.05, 0.1) is 19.1 Å². The molecule has 0 fully saturated rings. The quantitative estimate of drug-likeness (QED) is 0.773. The Balaban J connectivity index is 3.01. The highest BCUT2D eigenvalue weighted by molar-refractivity contribution is 7.99. The standard InChI is InChI=1S/C14H23NO2S/c1-10(2)9-18-14-8-12(16-3)11(5-6-15)7-13(14)17-4/h7-8,10H,5-6,9,15H2,1-4H3. The van der Waals surface area contributed by atoms with Gasteiger partial charge in [0.1, 0.15) is 11.5 Å². The van der Waals surface area contributed by atoms with Crippen LogP contribution < -0.4 is 15.2 Å². The van der Waals surface area contributed by atoms with Gasteiger partial charge in [-0.05, 0) is 36.6 Å². The first-order valence-electron chi connectivity index (χ1n) is 6.20. The van der Waals surface area contributed by atoms with E-state index in [9.17, 15) is 0 Å². The van der Waals surface area contributed by atoms with E-state index in [0.29, 0.717) is 12.5 Å². The van der Waals surface area contributed by atoms with Gasteiger partial charge >= 0.3 is 0 Å². The SMILES string of the molecule is COc1cc(SCC(C)C)c(OC)cc1CCN. The molecule has 3 nitrogen and oxygen atoms in total. The van der Waals surface area contributed by atoms with E-state index in [1.165, 1.54) is 0 Å². The number of rotatable bonds is 7. The molecule has 0 spiro atoms. The van der Waals surface area contributed by atoms with Gasteiger partial charge in [0.25, 0.3) is 0 Å². The Morgan fingerprint density at radius 3 is 2.33 bits per heavy atom. The molecule has 0 aromatic heterocycles. The monoisotopic (exact) mass is 269 g/mol. The molecule has 0 aliphatic heterocycles. The van der Waals surface area contributed by atoms with E-state index in [4.69, 9.17) is 15.2 Å². The summed E-state index contributed by atoms with van der Waals surface area (Å²) in [6.45, 7) is 5.02. The molecule has 0 bridgehead atoms. The zero-order chi connectivity index (χ0) is 13.5. The van der Waals surface area contributed by atoms with Crippen LogP contribution in [0, 0.1) is 5.92 Å². The van der Waals surface area contributed by atoms with E-state index in [2.05, 4.69) is 19.9 Å². The number of ether oxygens (including phenoxy) is 2. The van der Waals surface area contributed by atoms with Gasteiger partial charge in [-0.15, -0.1) is 11.8 Å². The summed E-state index contributed by atoms with van der Waals surface area (Å²) in [5, 5.41) is 0. The molecule has 0 aliphatic rings. The van der Waals surface area contributed by atoms with Crippen LogP contribution in [0.25, 0.3) is 0 Å². The van der Waals surface area contributed by atoms with E-state index in [-0.39, 0.29) is 0 Å². The molecule has 0 amide bonds. The van der Waals surface area contributed by atoms with Crippen molar-refractivity contribution in [3.63, 3.8) is 0 Å². The molecule has 102 valence electrons. The number of hydrogen-bond acceptors (Lipinski definition) is 4. The summed E-state index contributed by atoms with van der Waals surface area (Å²) >= 11 is 1.80. The molecule has 1 aromatic rings. The topological polar surface area (TPSA) is 44.5 Å². The van der Waals surface area contributed by atoms with Crippen LogP contribution in [0.2, 0.25) is 0 Å². The first kappa shape index (κ1) is 15.2. The molecule has 0 unspecified atom stereocenters. The van der Waals surface area contributed by atoms with Gasteiger partial charge in [-0.25, -0.2) is 0 Å². The highest BCUT2D eigenvalue weighted by atomic mass is 32.2. The summed E-state index contributed by atoms with van der Waals surface area (Å²) in [7, 11) is 3.40. The van der Waals surface area contributed by atoms with Crippen molar-refractivity contribution in [3.8, 4) is 11.5 Å². The molecule has 1 rings (SSSR count). The van der Waals surface area contributed by atoms with Crippen molar-refractivity contribution in [1.29, 1.82) is 0 Å². The van der Waals surface area contributed by atoms with Gasteiger partial charge in [-0.1, -0.05) is 13.8 Å². The smallest absolute Gasteiger partial charge is 0.132 e. The van der Waals surface area contributed by atoms with Crippen molar-refractivity contribution in [1.82, 2.24) is 0 Å². The summed E-state index contributed by atoms with van der Waals surface area (Å²) in [4.78, 5) is 1.13. The van der Waals surface area contributed by atoms with E-state index in [1.54, 1.807) is 26.0 Å². The second kappa shape index (κ2) is 7.54. The number of nitrogens with two attached hydrogens (primary N) is 1. The highest BCUT2D eigenvalue weighted by Crippen LogP contribution is 2.36. The summed E-state index contributed by atoms with van der Waals surface area (Å²) in [5.74, 6) is 3.52. The molecule has 0 atom stereocenters. The maximum atomic E-state index is 5.61. The number of hydrogen-bond donors (Lipinski definition) is 1. The maximum Gasteiger partial charge on any atom is 0.132 e. The number of thioether (sulfide) groups is 1. The van der Waals surface area contributed by atoms with Crippen LogP contribution in [0.5, 0.6) is 11.5 Å². The van der Waals surface area contributed by atoms with Crippen LogP contribution in [0.3, 0.4) is 0 Å². The first-order chi connectivity index (χ1) is 8.62. The van der Waals surface area contributed by atoms with Crippen molar-refractivity contribution >= 4 is 11.8 Å². The van der Waals surface area contributed by atoms with E-state index in [1.807, 2.05) is 6.07 Å². The van der Waals surface area contributed by atoms with Gasteiger partial charge < -0.3 is 15.2 Å². The Kier molecular flexibility index (Phi) is 6.36. The van der Waals surface area contributed by atoms with Crippen molar-refractivity contribution in [2.75, 3.05) is 26.5 Å². The maximum absolute atomic E-state index is 5.61. The van der Waals surface area contributed by atoms with Crippen molar-refractivity contribution in [3.05, 3.63) is 17.7 Å². The van der Waals surface area contributed by atoms with Gasteiger partial charge in [-0.3, -0.25) is 0 Å². The average molecular weight is 269 g/mol. The van der Waals surface area contributed by atoms with Crippen LogP contribution in [0.1, 0.15) is 19.4 Å². The second-order valence-electron chi connectivity index (χ2n) is 4.56. The summed E-state index contributed by atoms with van der Waals surface area (Å²) < 4.78 is 10.9. The van der Waals surface area contributed by atoms with Crippen LogP contribution >= 0.6 is 11.8 Å². The molecule has 0 saturated heterocycles. The first-order valence-corrected chi connectivity index (χ1v) is 7.18. The fourth-order valence-corrected chi connectivity index (χ4v) is 2.64. The molecular formula is C14H23NO2S. The average Bonchev–Trinajstić information content (AvgIpc) is 2.36. The van der Waals surface area contributed by atoms with Crippen LogP contribution in [-0.4, -0.2) is 26.5 Å². The lowest BCUT2D eigenvalue weighted by Crippen LogP contribution is -2.05. The minimum atomic E-state index is 0.609. The Morgan fingerprint density at radius 1 is 1.17 bits per heavy atom. The zero-order valence-electron chi connectivity index (χ0n) is 11.7. The van der Waals surface area contributed by atoms with Crippen molar-refractivity contribution in [2.45, 2.75) is 25.2 Å². The Bertz CT molecular complexity index is 380. The van der Waals surface area contributed by atoms with E-state index in [0.717, 1.165) is 34.1 Å². The molecule has 0 radical (unpaired) electrons. The van der Waals surface area contributed by atoms with Crippen molar-refractivity contribution < 1.29 is 9.47 Å². The number of methoxy groups -OCH3 is 2. The molecule has 1 aromatic carbocycles. The minimum absolute atomic E-state index is 0.609. The van der Waals surface area contributed by atoms with Gasteiger partial charge in [0.15, 0.2) is 0 Å². The molecule has 0 saturated carbocycles. The minimum Gasteiger partial charge on any atom is -0.496 e. The molecule has 18 heavy (non-hydrogen) atoms. The van der Waals surface area contributed by atoms with E-state index >= 15 is 0 Å². The number of benzene rings is 1. The predicted molar refractivity (Wildman–Crippen MR) is 77.9 cm³/mol. The molecule has 4 heteroatoms. The fourth-order valence-electron chi connectivity index (χ4n) is 1.65. The van der Waals surface area contributed by atoms with Gasteiger partial charge in [0.2, 0.25) is 0 Å². The Hall–Kier alpha value is -0.870. The van der Waals surface area contributed by atoms with Crippen LogP contribution in [-0.2, 0) is 6.42 Å². The Labute approximate surface area is 114 Å². The molecular weight excluding hydrogens is 246 g/mol. The normalized spacial score (nSPS) is 10.8. The third kappa shape index (κ3) is 4.10. The Morgan fingerprint density at radius 2 is 1.83 bits per heavy atom. The third-order valence-corrected chi connectivity index (χ3v) is 4.02. The zero-order valence-corrected chi connectivity index (χ0v) is 12.5. The molecule has 0 heterocycles. The summed E-state index contributed by atoms with van der Waals surface area (Å²) in [5.41, 5.74) is 6.71. The van der Waals surface area contributed by atoms with Gasteiger partial charge in [0, 0.05) is 5.75 Å². The lowest BCUT2D eigenvalue weighted by Gasteiger charge is -2.15. The lowest BCUT2D eigenvalue weighted by atomic mass is 10.1. The molecule has 2 N–H and O–H groups in total. The summed E-state index contributed by atoms with van der Waals surface area (Å²) in [6.07, 6.45) is 0.800. The summed E-state index contributed by atoms with van der Waals surface area (Å²) in [6, 6.07) is 4.09. The van der Waals surface area contributed by atoms with Gasteiger partial charge in [-0.2, -0.15) is 0 Å². The fraction of sp³-hybridized carbons (Fsp3) is 0.571.